The van der Waals surface area contributed by atoms with Crippen LogP contribution in [-0.4, -0.2) is 34.2 Å². The lowest BCUT2D eigenvalue weighted by Gasteiger charge is -2.15. The van der Waals surface area contributed by atoms with Gasteiger partial charge in [-0.05, 0) is 31.5 Å². The van der Waals surface area contributed by atoms with E-state index in [1.54, 1.807) is 0 Å². The first-order chi connectivity index (χ1) is 10.1. The van der Waals surface area contributed by atoms with Crippen molar-refractivity contribution in [2.24, 2.45) is 11.8 Å². The topological polar surface area (TPSA) is 82.7 Å². The van der Waals surface area contributed by atoms with Crippen molar-refractivity contribution >= 4 is 11.6 Å². The van der Waals surface area contributed by atoms with E-state index in [9.17, 15) is 4.79 Å². The van der Waals surface area contributed by atoms with Crippen molar-refractivity contribution < 1.29 is 4.79 Å². The summed E-state index contributed by atoms with van der Waals surface area (Å²) in [5.41, 5.74) is 1.58. The van der Waals surface area contributed by atoms with Gasteiger partial charge in [-0.25, -0.2) is 4.98 Å². The number of H-pyrrole nitrogens is 1. The summed E-state index contributed by atoms with van der Waals surface area (Å²) in [6, 6.07) is 7.60. The third kappa shape index (κ3) is 2.80. The summed E-state index contributed by atoms with van der Waals surface area (Å²) >= 11 is 0. The number of amides is 1. The molecular formula is C15H19N5O. The van der Waals surface area contributed by atoms with E-state index in [1.165, 1.54) is 0 Å². The van der Waals surface area contributed by atoms with Gasteiger partial charge in [0.2, 0.25) is 5.91 Å². The van der Waals surface area contributed by atoms with Gasteiger partial charge in [0.05, 0.1) is 11.6 Å². The van der Waals surface area contributed by atoms with Crippen LogP contribution in [0.4, 0.5) is 5.69 Å². The lowest BCUT2D eigenvalue weighted by molar-refractivity contribution is -0.120. The highest BCUT2D eigenvalue weighted by Gasteiger charge is 2.29. The van der Waals surface area contributed by atoms with Crippen LogP contribution in [0, 0.1) is 18.8 Å². The Balaban J connectivity index is 1.84. The first-order valence-corrected chi connectivity index (χ1v) is 7.15. The van der Waals surface area contributed by atoms with Crippen LogP contribution in [0.25, 0.3) is 11.4 Å². The largest absolute Gasteiger partial charge is 0.325 e. The summed E-state index contributed by atoms with van der Waals surface area (Å²) in [5, 5.41) is 13.3. The molecule has 0 radical (unpaired) electrons. The minimum atomic E-state index is 0.00642. The van der Waals surface area contributed by atoms with Gasteiger partial charge in [0.15, 0.2) is 5.82 Å². The van der Waals surface area contributed by atoms with Crippen molar-refractivity contribution in [3.05, 3.63) is 30.1 Å². The standard InChI is InChI=1S/C15H19N5O/c1-9-7-16-8-12(9)15(21)18-13-6-4-3-5-11(13)14-17-10(2)19-20-14/h3-6,9,12,16H,7-8H2,1-2H3,(H,18,21)(H,17,19,20)/t9-,12-/m1/s1. The molecule has 0 spiro atoms. The summed E-state index contributed by atoms with van der Waals surface area (Å²) in [7, 11) is 0. The molecule has 1 fully saturated rings. The van der Waals surface area contributed by atoms with Gasteiger partial charge in [-0.15, -0.1) is 0 Å². The van der Waals surface area contributed by atoms with E-state index >= 15 is 0 Å². The van der Waals surface area contributed by atoms with Gasteiger partial charge in [0, 0.05) is 12.1 Å². The number of carbonyl (C=O) groups is 1. The molecule has 110 valence electrons. The van der Waals surface area contributed by atoms with Crippen LogP contribution >= 0.6 is 0 Å². The normalized spacial score (nSPS) is 21.4. The maximum atomic E-state index is 12.4. The predicted octanol–water partition coefficient (Wildman–Crippen LogP) is 1.57. The van der Waals surface area contributed by atoms with Gasteiger partial charge in [0.25, 0.3) is 0 Å². The molecule has 0 bridgehead atoms. The molecule has 6 nitrogen and oxygen atoms in total. The zero-order valence-corrected chi connectivity index (χ0v) is 12.2. The van der Waals surface area contributed by atoms with Gasteiger partial charge in [-0.1, -0.05) is 19.1 Å². The average Bonchev–Trinajstić information content (AvgIpc) is 3.08. The van der Waals surface area contributed by atoms with Gasteiger partial charge in [0.1, 0.15) is 5.82 Å². The number of hydrogen-bond donors (Lipinski definition) is 3. The second kappa shape index (κ2) is 5.65. The Morgan fingerprint density at radius 1 is 1.33 bits per heavy atom. The third-order valence-corrected chi connectivity index (χ3v) is 3.88. The van der Waals surface area contributed by atoms with Crippen LogP contribution < -0.4 is 10.6 Å². The summed E-state index contributed by atoms with van der Waals surface area (Å²) in [6.07, 6.45) is 0. The summed E-state index contributed by atoms with van der Waals surface area (Å²) in [5.74, 6) is 1.75. The number of aromatic nitrogens is 3. The number of para-hydroxylation sites is 1. The van der Waals surface area contributed by atoms with E-state index in [-0.39, 0.29) is 11.8 Å². The van der Waals surface area contributed by atoms with Crippen molar-refractivity contribution in [3.63, 3.8) is 0 Å². The van der Waals surface area contributed by atoms with Crippen LogP contribution in [0.2, 0.25) is 0 Å². The van der Waals surface area contributed by atoms with Crippen LogP contribution in [0.5, 0.6) is 0 Å². The molecule has 3 N–H and O–H groups in total. The zero-order chi connectivity index (χ0) is 14.8. The number of benzene rings is 1. The van der Waals surface area contributed by atoms with Gasteiger partial charge in [-0.3, -0.25) is 9.89 Å². The third-order valence-electron chi connectivity index (χ3n) is 3.88. The predicted molar refractivity (Wildman–Crippen MR) is 80.7 cm³/mol. The minimum absolute atomic E-state index is 0.00642. The van der Waals surface area contributed by atoms with Gasteiger partial charge >= 0.3 is 0 Å². The monoisotopic (exact) mass is 285 g/mol. The number of nitrogens with one attached hydrogen (secondary N) is 3. The van der Waals surface area contributed by atoms with Crippen LogP contribution in [0.15, 0.2) is 24.3 Å². The molecule has 2 atom stereocenters. The molecule has 1 aromatic heterocycles. The van der Waals surface area contributed by atoms with Crippen molar-refractivity contribution in [1.82, 2.24) is 20.5 Å². The first kappa shape index (κ1) is 13.8. The smallest absolute Gasteiger partial charge is 0.229 e. The Labute approximate surface area is 123 Å². The number of aromatic amines is 1. The number of hydrogen-bond acceptors (Lipinski definition) is 4. The van der Waals surface area contributed by atoms with Crippen molar-refractivity contribution in [3.8, 4) is 11.4 Å². The molecular weight excluding hydrogens is 266 g/mol. The zero-order valence-electron chi connectivity index (χ0n) is 12.2. The molecule has 1 saturated heterocycles. The maximum Gasteiger partial charge on any atom is 0.229 e. The molecule has 1 aliphatic heterocycles. The quantitative estimate of drug-likeness (QED) is 0.799. The Morgan fingerprint density at radius 3 is 2.81 bits per heavy atom. The molecule has 1 aliphatic rings. The highest BCUT2D eigenvalue weighted by molar-refractivity contribution is 5.96. The van der Waals surface area contributed by atoms with Crippen molar-refractivity contribution in [1.29, 1.82) is 0 Å². The van der Waals surface area contributed by atoms with Crippen molar-refractivity contribution in [2.75, 3.05) is 18.4 Å². The lowest BCUT2D eigenvalue weighted by atomic mass is 9.97. The summed E-state index contributed by atoms with van der Waals surface area (Å²) in [6.45, 7) is 5.56. The second-order valence-electron chi connectivity index (χ2n) is 5.52. The Hall–Kier alpha value is -2.21. The molecule has 6 heteroatoms. The van der Waals surface area contributed by atoms with Crippen LogP contribution in [0.1, 0.15) is 12.7 Å². The number of nitrogens with zero attached hydrogens (tertiary/aromatic N) is 2. The fourth-order valence-corrected chi connectivity index (χ4v) is 2.64. The average molecular weight is 285 g/mol. The number of carbonyl (C=O) groups excluding carboxylic acids is 1. The number of rotatable bonds is 3. The lowest BCUT2D eigenvalue weighted by Crippen LogP contribution is -2.28. The SMILES string of the molecule is Cc1nc(-c2ccccc2NC(=O)[C@@H]2CNC[C@H]2C)n[nH]1. The van der Waals surface area contributed by atoms with E-state index in [4.69, 9.17) is 0 Å². The fourth-order valence-electron chi connectivity index (χ4n) is 2.64. The Bertz CT molecular complexity index is 651. The molecule has 1 aromatic carbocycles. The molecule has 2 heterocycles. The highest BCUT2D eigenvalue weighted by Crippen LogP contribution is 2.26. The molecule has 2 aromatic rings. The molecule has 1 amide bonds. The second-order valence-corrected chi connectivity index (χ2v) is 5.52. The van der Waals surface area contributed by atoms with Crippen LogP contribution in [0.3, 0.4) is 0 Å². The molecule has 0 aliphatic carbocycles. The Morgan fingerprint density at radius 2 is 2.14 bits per heavy atom. The fraction of sp³-hybridized carbons (Fsp3) is 0.400. The van der Waals surface area contributed by atoms with E-state index in [0.29, 0.717) is 11.7 Å². The molecule has 3 rings (SSSR count). The van der Waals surface area contributed by atoms with Crippen molar-refractivity contribution in [2.45, 2.75) is 13.8 Å². The number of aryl methyl sites for hydroxylation is 1. The maximum absolute atomic E-state index is 12.4. The minimum Gasteiger partial charge on any atom is -0.325 e. The van der Waals surface area contributed by atoms with Gasteiger partial charge < -0.3 is 10.6 Å². The van der Waals surface area contributed by atoms with E-state index in [2.05, 4.69) is 32.7 Å². The van der Waals surface area contributed by atoms with Gasteiger partial charge in [-0.2, -0.15) is 5.10 Å². The van der Waals surface area contributed by atoms with E-state index < -0.39 is 0 Å². The van der Waals surface area contributed by atoms with E-state index in [0.717, 1.165) is 30.2 Å². The highest BCUT2D eigenvalue weighted by atomic mass is 16.1. The molecule has 0 saturated carbocycles. The summed E-state index contributed by atoms with van der Waals surface area (Å²) in [4.78, 5) is 16.7. The molecule has 21 heavy (non-hydrogen) atoms. The van der Waals surface area contributed by atoms with Crippen LogP contribution in [-0.2, 0) is 4.79 Å². The molecule has 0 unspecified atom stereocenters. The van der Waals surface area contributed by atoms with E-state index in [1.807, 2.05) is 31.2 Å². The first-order valence-electron chi connectivity index (χ1n) is 7.15. The Kier molecular flexibility index (Phi) is 3.70. The number of anilines is 1. The summed E-state index contributed by atoms with van der Waals surface area (Å²) < 4.78 is 0.